The number of carboxylic acid groups (broad SMARTS) is 1. The van der Waals surface area contributed by atoms with Crippen molar-refractivity contribution in [2.75, 3.05) is 0 Å². The second kappa shape index (κ2) is 4.59. The summed E-state index contributed by atoms with van der Waals surface area (Å²) in [6, 6.07) is -0.607. The highest BCUT2D eigenvalue weighted by Gasteiger charge is 2.20. The second-order valence-corrected chi connectivity index (χ2v) is 5.48. The van der Waals surface area contributed by atoms with Crippen LogP contribution in [0.5, 0.6) is 0 Å². The highest BCUT2D eigenvalue weighted by molar-refractivity contribution is 14.1. The lowest BCUT2D eigenvalue weighted by Crippen LogP contribution is -2.18. The minimum Gasteiger partial charge on any atom is -0.480 e. The summed E-state index contributed by atoms with van der Waals surface area (Å²) in [5.74, 6) is -0.867. The molecule has 0 aliphatic rings. The number of carboxylic acids is 1. The Morgan fingerprint density at radius 1 is 1.54 bits per heavy atom. The van der Waals surface area contributed by atoms with Crippen LogP contribution in [0, 0.1) is 11.0 Å². The molecule has 1 unspecified atom stereocenters. The third-order valence-electron chi connectivity index (χ3n) is 1.48. The van der Waals surface area contributed by atoms with Crippen LogP contribution in [0.4, 0.5) is 0 Å². The lowest BCUT2D eigenvalue weighted by atomic mass is 10.4. The molecule has 1 heterocycles. The van der Waals surface area contributed by atoms with Gasteiger partial charge in [0.25, 0.3) is 0 Å². The lowest BCUT2D eigenvalue weighted by Gasteiger charge is -2.07. The molecule has 1 N–H and O–H groups in total. The molecule has 0 radical (unpaired) electrons. The predicted octanol–water partition coefficient (Wildman–Crippen LogP) is 2.34. The average Bonchev–Trinajstić information content (AvgIpc) is 2.31. The molecule has 0 saturated heterocycles. The molecule has 13 heavy (non-hydrogen) atoms. The number of carbonyl (C=O) groups is 1. The van der Waals surface area contributed by atoms with E-state index in [1.54, 1.807) is 6.92 Å². The third kappa shape index (κ3) is 2.46. The number of rotatable bonds is 2. The van der Waals surface area contributed by atoms with E-state index >= 15 is 0 Å². The van der Waals surface area contributed by atoms with Crippen LogP contribution in [0.15, 0.2) is 0 Å². The maximum Gasteiger partial charge on any atom is 0.328 e. The molecule has 1 rings (SSSR count). The van der Waals surface area contributed by atoms with Gasteiger partial charge in [0.2, 0.25) is 0 Å². The quantitative estimate of drug-likeness (QED) is 0.613. The Labute approximate surface area is 116 Å². The first kappa shape index (κ1) is 11.9. The lowest BCUT2D eigenvalue weighted by molar-refractivity contribution is -0.140. The summed E-state index contributed by atoms with van der Waals surface area (Å²) < 4.78 is 4.24. The van der Waals surface area contributed by atoms with Crippen LogP contribution in [-0.4, -0.2) is 20.9 Å². The van der Waals surface area contributed by atoms with E-state index in [-0.39, 0.29) is 0 Å². The van der Waals surface area contributed by atoms with Crippen LogP contribution in [0.3, 0.4) is 0 Å². The van der Waals surface area contributed by atoms with E-state index in [0.29, 0.717) is 0 Å². The fourth-order valence-electron chi connectivity index (χ4n) is 0.729. The molecule has 1 atom stereocenters. The van der Waals surface area contributed by atoms with Crippen molar-refractivity contribution in [2.24, 2.45) is 0 Å². The van der Waals surface area contributed by atoms with E-state index in [4.69, 9.17) is 5.11 Å². The molecule has 4 nitrogen and oxygen atoms in total. The number of hydrogen-bond acceptors (Lipinski definition) is 2. The summed E-state index contributed by atoms with van der Waals surface area (Å²) in [6.45, 7) is 1.61. The van der Waals surface area contributed by atoms with Crippen molar-refractivity contribution in [2.45, 2.75) is 13.0 Å². The highest BCUT2D eigenvalue weighted by atomic mass is 127. The molecule has 0 aliphatic carbocycles. The fraction of sp³-hybridized carbons (Fsp3) is 0.333. The first-order valence-corrected chi connectivity index (χ1v) is 6.50. The minimum absolute atomic E-state index is 0.607. The molecule has 72 valence electrons. The van der Waals surface area contributed by atoms with E-state index in [1.807, 2.05) is 0 Å². The van der Waals surface area contributed by atoms with Crippen molar-refractivity contribution in [3.63, 3.8) is 0 Å². The van der Waals surface area contributed by atoms with Gasteiger partial charge < -0.3 is 5.11 Å². The average molecular weight is 518 g/mol. The summed E-state index contributed by atoms with van der Waals surface area (Å²) in [4.78, 5) is 10.7. The Kier molecular flexibility index (Phi) is 4.22. The highest BCUT2D eigenvalue weighted by Crippen LogP contribution is 2.23. The van der Waals surface area contributed by atoms with Gasteiger partial charge in [0.15, 0.2) is 0 Å². The van der Waals surface area contributed by atoms with Crippen molar-refractivity contribution < 1.29 is 9.90 Å². The zero-order valence-electron chi connectivity index (χ0n) is 6.46. The standard InChI is InChI=1S/C6H5I3N2O2/c1-2(6(12)13)11-5(9)3(7)4(8)10-11/h2H,1H3,(H,12,13). The van der Waals surface area contributed by atoms with Crippen LogP contribution < -0.4 is 0 Å². The zero-order chi connectivity index (χ0) is 10.2. The molecule has 0 bridgehead atoms. The summed E-state index contributed by atoms with van der Waals surface area (Å²) in [7, 11) is 0. The van der Waals surface area contributed by atoms with E-state index < -0.39 is 12.0 Å². The van der Waals surface area contributed by atoms with Gasteiger partial charge in [-0.05, 0) is 74.7 Å². The molecule has 0 spiro atoms. The van der Waals surface area contributed by atoms with Gasteiger partial charge in [0.05, 0.1) is 3.57 Å². The van der Waals surface area contributed by atoms with E-state index in [1.165, 1.54) is 4.68 Å². The maximum atomic E-state index is 10.7. The van der Waals surface area contributed by atoms with E-state index in [9.17, 15) is 4.79 Å². The van der Waals surface area contributed by atoms with Gasteiger partial charge in [-0.1, -0.05) is 0 Å². The fourth-order valence-corrected chi connectivity index (χ4v) is 2.87. The number of nitrogens with zero attached hydrogens (tertiary/aromatic N) is 2. The van der Waals surface area contributed by atoms with Crippen LogP contribution in [0.2, 0.25) is 0 Å². The van der Waals surface area contributed by atoms with Crippen LogP contribution in [0.25, 0.3) is 0 Å². The van der Waals surface area contributed by atoms with E-state index in [2.05, 4.69) is 72.9 Å². The zero-order valence-corrected chi connectivity index (χ0v) is 12.9. The molecule has 1 aromatic heterocycles. The van der Waals surface area contributed by atoms with Crippen molar-refractivity contribution >= 4 is 73.7 Å². The third-order valence-corrected chi connectivity index (χ3v) is 6.36. The summed E-state index contributed by atoms with van der Waals surface area (Å²) in [5, 5.41) is 12.9. The first-order chi connectivity index (χ1) is 5.95. The van der Waals surface area contributed by atoms with Crippen molar-refractivity contribution in [1.29, 1.82) is 0 Å². The van der Waals surface area contributed by atoms with Crippen molar-refractivity contribution in [1.82, 2.24) is 9.78 Å². The minimum atomic E-state index is -0.867. The number of aliphatic carboxylic acids is 1. The van der Waals surface area contributed by atoms with Crippen LogP contribution in [0.1, 0.15) is 13.0 Å². The summed E-state index contributed by atoms with van der Waals surface area (Å²) in [5.41, 5.74) is 0. The topological polar surface area (TPSA) is 55.1 Å². The monoisotopic (exact) mass is 518 g/mol. The normalized spacial score (nSPS) is 12.9. The molecule has 0 aliphatic heterocycles. The second-order valence-electron chi connectivity index (χ2n) is 2.35. The van der Waals surface area contributed by atoms with Crippen molar-refractivity contribution in [3.8, 4) is 0 Å². The molecule has 0 amide bonds. The predicted molar refractivity (Wildman–Crippen MR) is 72.7 cm³/mol. The van der Waals surface area contributed by atoms with Gasteiger partial charge in [-0.2, -0.15) is 5.10 Å². The largest absolute Gasteiger partial charge is 0.480 e. The summed E-state index contributed by atoms with van der Waals surface area (Å²) >= 11 is 6.34. The Morgan fingerprint density at radius 3 is 2.38 bits per heavy atom. The molecule has 1 aromatic rings. The molecule has 0 fully saturated rings. The summed E-state index contributed by atoms with van der Waals surface area (Å²) in [6.07, 6.45) is 0. The first-order valence-electron chi connectivity index (χ1n) is 3.27. The van der Waals surface area contributed by atoms with Gasteiger partial charge in [-0.3, -0.25) is 0 Å². The number of halogens is 3. The Bertz CT molecular complexity index is 350. The number of hydrogen-bond donors (Lipinski definition) is 1. The van der Waals surface area contributed by atoms with Crippen molar-refractivity contribution in [3.05, 3.63) is 11.0 Å². The number of aromatic nitrogens is 2. The van der Waals surface area contributed by atoms with Gasteiger partial charge in [-0.15, -0.1) is 0 Å². The van der Waals surface area contributed by atoms with E-state index in [0.717, 1.165) is 11.0 Å². The Morgan fingerprint density at radius 2 is 2.08 bits per heavy atom. The van der Waals surface area contributed by atoms with Crippen LogP contribution in [-0.2, 0) is 4.79 Å². The molecule has 7 heteroatoms. The molecular formula is C6H5I3N2O2. The molecule has 0 saturated carbocycles. The molecular weight excluding hydrogens is 513 g/mol. The Balaban J connectivity index is 3.15. The Hall–Kier alpha value is 0.870. The van der Waals surface area contributed by atoms with Crippen LogP contribution >= 0.6 is 67.8 Å². The van der Waals surface area contributed by atoms with Gasteiger partial charge >= 0.3 is 5.97 Å². The smallest absolute Gasteiger partial charge is 0.328 e. The maximum absolute atomic E-state index is 10.7. The van der Waals surface area contributed by atoms with Gasteiger partial charge in [0.1, 0.15) is 13.4 Å². The molecule has 0 aromatic carbocycles. The van der Waals surface area contributed by atoms with Gasteiger partial charge in [0, 0.05) is 0 Å². The van der Waals surface area contributed by atoms with Gasteiger partial charge in [-0.25, -0.2) is 9.48 Å². The SMILES string of the molecule is CC(C(=O)O)n1nc(I)c(I)c1I.